The van der Waals surface area contributed by atoms with E-state index in [4.69, 9.17) is 19.7 Å². The zero-order valence-corrected chi connectivity index (χ0v) is 34.0. The predicted molar refractivity (Wildman–Crippen MR) is 242 cm³/mol. The van der Waals surface area contributed by atoms with Gasteiger partial charge in [-0.25, -0.2) is 15.0 Å². The smallest absolute Gasteiger partial charge is 0.164 e. The molecule has 60 heavy (non-hydrogen) atoms. The van der Waals surface area contributed by atoms with Gasteiger partial charge in [0.25, 0.3) is 0 Å². The van der Waals surface area contributed by atoms with Crippen LogP contribution in [0.3, 0.4) is 0 Å². The van der Waals surface area contributed by atoms with E-state index in [2.05, 4.69) is 146 Å². The summed E-state index contributed by atoms with van der Waals surface area (Å²) in [6.45, 7) is 0. The zero-order chi connectivity index (χ0) is 39.2. The molecule has 6 aromatic carbocycles. The molecule has 2 unspecified atom stereocenters. The van der Waals surface area contributed by atoms with E-state index < -0.39 is 5.41 Å². The van der Waals surface area contributed by atoms with E-state index in [1.807, 2.05) is 11.3 Å². The van der Waals surface area contributed by atoms with Crippen molar-refractivity contribution in [1.29, 1.82) is 0 Å². The molecule has 3 fully saturated rings. The summed E-state index contributed by atoms with van der Waals surface area (Å²) in [6.07, 6.45) is 13.6. The van der Waals surface area contributed by atoms with E-state index in [0.29, 0.717) is 22.9 Å². The second kappa shape index (κ2) is 12.2. The first-order valence-electron chi connectivity index (χ1n) is 21.8. The Hall–Kier alpha value is -6.17. The van der Waals surface area contributed by atoms with Crippen LogP contribution in [0.1, 0.15) is 72.8 Å². The van der Waals surface area contributed by atoms with Crippen molar-refractivity contribution >= 4 is 37.1 Å². The van der Waals surface area contributed by atoms with Gasteiger partial charge in [0.15, 0.2) is 17.5 Å². The third-order valence-electron chi connectivity index (χ3n) is 15.5. The first-order valence-corrected chi connectivity index (χ1v) is 22.7. The van der Waals surface area contributed by atoms with Crippen LogP contribution < -0.4 is 4.74 Å². The van der Waals surface area contributed by atoms with Crippen LogP contribution in [0.25, 0.3) is 59.9 Å². The molecule has 4 nitrogen and oxygen atoms in total. The van der Waals surface area contributed by atoms with Gasteiger partial charge in [0.1, 0.15) is 11.5 Å². The molecule has 8 aromatic rings. The van der Waals surface area contributed by atoms with E-state index in [0.717, 1.165) is 58.8 Å². The Bertz CT molecular complexity index is 3140. The van der Waals surface area contributed by atoms with Crippen molar-refractivity contribution in [2.45, 2.75) is 55.8 Å². The Kier molecular flexibility index (Phi) is 6.84. The third kappa shape index (κ3) is 4.48. The molecule has 2 aromatic heterocycles. The average molecular weight is 792 g/mol. The SMILES string of the molecule is C1=CC2=C(CC1)C1(c3ccccc3Oc3ccccc31)c1cccc(-c3nc(-c4ccc(C56CC7[C@H](CC[C@H]7C5)C6)cc4)nc(-c4ccc5c(c4)sc4ccccc45)n3)c12. The van der Waals surface area contributed by atoms with E-state index >= 15 is 0 Å². The van der Waals surface area contributed by atoms with E-state index in [1.165, 1.54) is 91.2 Å². The first-order chi connectivity index (χ1) is 29.6. The highest BCUT2D eigenvalue weighted by molar-refractivity contribution is 7.25. The number of rotatable bonds is 4. The minimum absolute atomic E-state index is 0.352. The molecule has 5 aliphatic carbocycles. The van der Waals surface area contributed by atoms with Crippen LogP contribution in [0.15, 0.2) is 151 Å². The number of allylic oxidation sites excluding steroid dienone is 4. The minimum Gasteiger partial charge on any atom is -0.457 e. The number of fused-ring (bicyclic) bond motifs is 12. The van der Waals surface area contributed by atoms with Gasteiger partial charge in [-0.3, -0.25) is 0 Å². The normalized spacial score (nSPS) is 23.6. The van der Waals surface area contributed by atoms with Crippen molar-refractivity contribution < 1.29 is 4.74 Å². The summed E-state index contributed by atoms with van der Waals surface area (Å²) in [5.41, 5.74) is 12.0. The maximum absolute atomic E-state index is 6.65. The molecule has 0 N–H and O–H groups in total. The fraction of sp³-hybridized carbons (Fsp3) is 0.218. The van der Waals surface area contributed by atoms with Crippen LogP contribution >= 0.6 is 11.3 Å². The molecule has 1 spiro atoms. The Morgan fingerprint density at radius 1 is 0.583 bits per heavy atom. The number of nitrogens with zero attached hydrogens (tertiary/aromatic N) is 3. The molecule has 1 aliphatic heterocycles. The Morgan fingerprint density at radius 3 is 2.03 bits per heavy atom. The summed E-state index contributed by atoms with van der Waals surface area (Å²) < 4.78 is 9.18. The molecular formula is C55H41N3OS. The first kappa shape index (κ1) is 33.6. The standard InChI is InChI=1S/C55H41N3OS/c1-3-13-42-39(11-1)50-40(12-9-16-45(50)55(42)43-14-4-6-17-46(43)59-47-18-7-5-15-44(47)55)53-57-51(32-22-25-36(26-23-32)54-29-34-20-21-35(30-54)41(34)31-54)56-52(58-53)33-24-27-38-37-10-2-8-19-48(37)60-49(38)28-33/h1-2,4-12,14-19,22-28,34-35,41H,3,13,20-21,29-31H2/t34-,35+,41?,54?. The van der Waals surface area contributed by atoms with Crippen LogP contribution in [0.4, 0.5) is 0 Å². The zero-order valence-electron chi connectivity index (χ0n) is 33.2. The summed E-state index contributed by atoms with van der Waals surface area (Å²) in [5.74, 6) is 6.75. The van der Waals surface area contributed by atoms with Gasteiger partial charge in [-0.15, -0.1) is 11.3 Å². The largest absolute Gasteiger partial charge is 0.457 e. The quantitative estimate of drug-likeness (QED) is 0.178. The fourth-order valence-corrected chi connectivity index (χ4v) is 14.3. The highest BCUT2D eigenvalue weighted by Gasteiger charge is 2.58. The van der Waals surface area contributed by atoms with Crippen molar-refractivity contribution in [3.05, 3.63) is 179 Å². The summed E-state index contributed by atoms with van der Waals surface area (Å²) >= 11 is 1.83. The van der Waals surface area contributed by atoms with Gasteiger partial charge >= 0.3 is 0 Å². The molecule has 5 heteroatoms. The molecule has 2 bridgehead atoms. The topological polar surface area (TPSA) is 47.9 Å². The maximum atomic E-state index is 6.65. The van der Waals surface area contributed by atoms with Crippen molar-refractivity contribution in [2.75, 3.05) is 0 Å². The van der Waals surface area contributed by atoms with Gasteiger partial charge in [-0.05, 0) is 120 Å². The monoisotopic (exact) mass is 791 g/mol. The van der Waals surface area contributed by atoms with Crippen molar-refractivity contribution in [2.24, 2.45) is 17.8 Å². The fourth-order valence-electron chi connectivity index (χ4n) is 13.1. The van der Waals surface area contributed by atoms with Crippen molar-refractivity contribution in [1.82, 2.24) is 15.0 Å². The highest BCUT2D eigenvalue weighted by atomic mass is 32.1. The van der Waals surface area contributed by atoms with Crippen LogP contribution in [-0.4, -0.2) is 15.0 Å². The minimum atomic E-state index is -0.490. The van der Waals surface area contributed by atoms with Crippen LogP contribution in [0.5, 0.6) is 11.5 Å². The Balaban J connectivity index is 0.979. The van der Waals surface area contributed by atoms with Crippen LogP contribution in [-0.2, 0) is 10.8 Å². The third-order valence-corrected chi connectivity index (χ3v) is 16.6. The number of hydrogen-bond donors (Lipinski definition) is 0. The van der Waals surface area contributed by atoms with Gasteiger partial charge in [-0.1, -0.05) is 121 Å². The van der Waals surface area contributed by atoms with Crippen LogP contribution in [0, 0.1) is 17.8 Å². The molecule has 4 atom stereocenters. The molecular weight excluding hydrogens is 751 g/mol. The van der Waals surface area contributed by atoms with Crippen LogP contribution in [0.2, 0.25) is 0 Å². The molecule has 0 amide bonds. The van der Waals surface area contributed by atoms with Crippen molar-refractivity contribution in [3.8, 4) is 45.7 Å². The summed E-state index contributed by atoms with van der Waals surface area (Å²) in [5, 5.41) is 2.56. The van der Waals surface area contributed by atoms with Gasteiger partial charge in [0.05, 0.1) is 5.41 Å². The molecule has 3 saturated carbocycles. The van der Waals surface area contributed by atoms with E-state index in [9.17, 15) is 0 Å². The number of benzene rings is 6. The molecule has 0 radical (unpaired) electrons. The lowest BCUT2D eigenvalue weighted by molar-refractivity contribution is 0.308. The lowest BCUT2D eigenvalue weighted by Crippen LogP contribution is -2.33. The second-order valence-electron chi connectivity index (χ2n) is 18.3. The number of aromatic nitrogens is 3. The Morgan fingerprint density at radius 2 is 1.25 bits per heavy atom. The summed E-state index contributed by atoms with van der Waals surface area (Å²) in [4.78, 5) is 16.2. The molecule has 6 aliphatic rings. The second-order valence-corrected chi connectivity index (χ2v) is 19.3. The summed E-state index contributed by atoms with van der Waals surface area (Å²) in [6, 6.07) is 48.8. The van der Waals surface area contributed by atoms with Gasteiger partial charge in [0.2, 0.25) is 0 Å². The lowest BCUT2D eigenvalue weighted by Gasteiger charge is -2.41. The number of para-hydroxylation sites is 2. The number of thiophene rings is 1. The molecule has 0 saturated heterocycles. The van der Waals surface area contributed by atoms with Crippen molar-refractivity contribution in [3.63, 3.8) is 0 Å². The molecule has 288 valence electrons. The molecule has 3 heterocycles. The summed E-state index contributed by atoms with van der Waals surface area (Å²) in [7, 11) is 0. The predicted octanol–water partition coefficient (Wildman–Crippen LogP) is 13.9. The maximum Gasteiger partial charge on any atom is 0.164 e. The highest BCUT2D eigenvalue weighted by Crippen LogP contribution is 2.67. The lowest BCUT2D eigenvalue weighted by atomic mass is 9.64. The van der Waals surface area contributed by atoms with E-state index in [-0.39, 0.29) is 0 Å². The van der Waals surface area contributed by atoms with Gasteiger partial charge in [-0.2, -0.15) is 0 Å². The van der Waals surface area contributed by atoms with Gasteiger partial charge in [0, 0.05) is 48.0 Å². The number of hydrogen-bond acceptors (Lipinski definition) is 5. The number of ether oxygens (including phenoxy) is 1. The van der Waals surface area contributed by atoms with Gasteiger partial charge < -0.3 is 4.74 Å². The average Bonchev–Trinajstić information content (AvgIpc) is 4.09. The molecule has 14 rings (SSSR count). The Labute approximate surface area is 353 Å². The van der Waals surface area contributed by atoms with E-state index in [1.54, 1.807) is 0 Å².